The number of methoxy groups -OCH3 is 2. The van der Waals surface area contributed by atoms with Gasteiger partial charge < -0.3 is 14.2 Å². The Kier molecular flexibility index (Phi) is 6.61. The van der Waals surface area contributed by atoms with Crippen molar-refractivity contribution < 1.29 is 19.0 Å². The van der Waals surface area contributed by atoms with Crippen LogP contribution < -0.4 is 9.47 Å². The highest BCUT2D eigenvalue weighted by atomic mass is 32.1. The van der Waals surface area contributed by atoms with Crippen molar-refractivity contribution in [1.29, 1.82) is 5.26 Å². The van der Waals surface area contributed by atoms with Crippen molar-refractivity contribution in [1.82, 2.24) is 4.98 Å². The number of carbonyl (C=O) groups excluding carboxylic acids is 1. The van der Waals surface area contributed by atoms with Gasteiger partial charge in [0.2, 0.25) is 0 Å². The summed E-state index contributed by atoms with van der Waals surface area (Å²) in [5.74, 6) is 0.427. The molecule has 0 amide bonds. The molecule has 0 aliphatic rings. The number of nitrogens with zero attached hydrogens (tertiary/aromatic N) is 2. The summed E-state index contributed by atoms with van der Waals surface area (Å²) in [6, 6.07) is 16.8. The summed E-state index contributed by atoms with van der Waals surface area (Å²) in [5.41, 5.74) is 2.81. The molecular formula is C22H18N2O4S. The van der Waals surface area contributed by atoms with Gasteiger partial charge in [-0.25, -0.2) is 9.78 Å². The fraction of sp³-hybridized carbons (Fsp3) is 0.136. The van der Waals surface area contributed by atoms with Gasteiger partial charge in [-0.1, -0.05) is 36.4 Å². The first-order chi connectivity index (χ1) is 14.2. The van der Waals surface area contributed by atoms with Crippen LogP contribution in [0.4, 0.5) is 0 Å². The number of rotatable bonds is 7. The first-order valence-electron chi connectivity index (χ1n) is 8.65. The second-order valence-electron chi connectivity index (χ2n) is 5.81. The van der Waals surface area contributed by atoms with Crippen molar-refractivity contribution in [2.24, 2.45) is 0 Å². The van der Waals surface area contributed by atoms with E-state index in [9.17, 15) is 4.79 Å². The van der Waals surface area contributed by atoms with Crippen molar-refractivity contribution in [3.63, 3.8) is 0 Å². The Balaban J connectivity index is 1.98. The van der Waals surface area contributed by atoms with Crippen molar-refractivity contribution in [3.8, 4) is 28.8 Å². The van der Waals surface area contributed by atoms with Crippen molar-refractivity contribution in [2.75, 3.05) is 20.8 Å². The maximum Gasteiger partial charge on any atom is 0.340 e. The number of benzene rings is 2. The molecule has 0 spiro atoms. The Bertz CT molecular complexity index is 1070. The molecule has 2 aromatic carbocycles. The number of hydrogen-bond acceptors (Lipinski definition) is 7. The number of aromatic nitrogens is 1. The predicted octanol–water partition coefficient (Wildman–Crippen LogP) is 4.43. The average molecular weight is 406 g/mol. The Labute approximate surface area is 172 Å². The number of thiazole rings is 1. The van der Waals surface area contributed by atoms with Crippen LogP contribution in [0.5, 0.6) is 11.5 Å². The van der Waals surface area contributed by atoms with E-state index in [0.717, 1.165) is 11.3 Å². The molecule has 0 saturated carbocycles. The van der Waals surface area contributed by atoms with Gasteiger partial charge in [-0.3, -0.25) is 0 Å². The molecule has 0 radical (unpaired) electrons. The lowest BCUT2D eigenvalue weighted by atomic mass is 10.1. The van der Waals surface area contributed by atoms with Crippen LogP contribution in [0.25, 0.3) is 22.9 Å². The Morgan fingerprint density at radius 1 is 1.17 bits per heavy atom. The topological polar surface area (TPSA) is 81.4 Å². The summed E-state index contributed by atoms with van der Waals surface area (Å²) < 4.78 is 15.6. The highest BCUT2D eigenvalue weighted by Crippen LogP contribution is 2.32. The smallest absolute Gasteiger partial charge is 0.340 e. The van der Waals surface area contributed by atoms with E-state index in [1.807, 2.05) is 41.8 Å². The van der Waals surface area contributed by atoms with E-state index < -0.39 is 5.97 Å². The van der Waals surface area contributed by atoms with E-state index in [1.54, 1.807) is 24.3 Å². The molecule has 0 fully saturated rings. The zero-order valence-corrected chi connectivity index (χ0v) is 16.7. The Hall–Kier alpha value is -3.63. The zero-order chi connectivity index (χ0) is 20.6. The Morgan fingerprint density at radius 3 is 2.66 bits per heavy atom. The number of carbonyl (C=O) groups is 1. The summed E-state index contributed by atoms with van der Waals surface area (Å²) in [4.78, 5) is 17.0. The molecule has 6 nitrogen and oxygen atoms in total. The summed E-state index contributed by atoms with van der Waals surface area (Å²) in [6.07, 6.45) is 1.69. The molecule has 1 aromatic heterocycles. The predicted molar refractivity (Wildman–Crippen MR) is 112 cm³/mol. The van der Waals surface area contributed by atoms with Gasteiger partial charge in [0, 0.05) is 10.9 Å². The molecule has 0 aliphatic heterocycles. The highest BCUT2D eigenvalue weighted by molar-refractivity contribution is 7.11. The van der Waals surface area contributed by atoms with Crippen molar-refractivity contribution in [3.05, 3.63) is 64.5 Å². The molecule has 0 atom stereocenters. The quantitative estimate of drug-likeness (QED) is 0.426. The standard InChI is InChI=1S/C22H18N2O4S/c1-26-20-13-15(8-9-19(20)28-11-10-23)12-17(22(25)27-2)21-24-18(14-29-21)16-6-4-3-5-7-16/h3-9,12-14H,11H2,1-2H3/b17-12-. The van der Waals surface area contributed by atoms with Gasteiger partial charge in [0.1, 0.15) is 11.1 Å². The molecule has 0 bridgehead atoms. The molecule has 146 valence electrons. The molecule has 0 N–H and O–H groups in total. The normalized spacial score (nSPS) is 10.9. The third-order valence-corrected chi connectivity index (χ3v) is 4.88. The first kappa shape index (κ1) is 20.1. The molecule has 3 rings (SSSR count). The maximum atomic E-state index is 12.4. The van der Waals surface area contributed by atoms with Crippen LogP contribution in [-0.2, 0) is 9.53 Å². The van der Waals surface area contributed by atoms with Crippen LogP contribution in [0, 0.1) is 11.3 Å². The number of hydrogen-bond donors (Lipinski definition) is 0. The SMILES string of the molecule is COC(=O)/C(=C\c1ccc(OCC#N)c(OC)c1)c1nc(-c2ccccc2)cs1. The van der Waals surface area contributed by atoms with E-state index in [1.165, 1.54) is 25.6 Å². The minimum absolute atomic E-state index is 0.0830. The van der Waals surface area contributed by atoms with Crippen LogP contribution in [0.1, 0.15) is 10.6 Å². The second kappa shape index (κ2) is 9.53. The molecule has 0 aliphatic carbocycles. The van der Waals surface area contributed by atoms with E-state index in [-0.39, 0.29) is 6.61 Å². The monoisotopic (exact) mass is 406 g/mol. The minimum atomic E-state index is -0.484. The third kappa shape index (κ3) is 4.81. The van der Waals surface area contributed by atoms with E-state index in [2.05, 4.69) is 4.98 Å². The number of ether oxygens (including phenoxy) is 3. The van der Waals surface area contributed by atoms with Gasteiger partial charge in [0.25, 0.3) is 0 Å². The van der Waals surface area contributed by atoms with Gasteiger partial charge in [-0.05, 0) is 23.8 Å². The minimum Gasteiger partial charge on any atom is -0.493 e. The van der Waals surface area contributed by atoms with Gasteiger partial charge in [-0.2, -0.15) is 5.26 Å². The first-order valence-corrected chi connectivity index (χ1v) is 9.53. The average Bonchev–Trinajstić information content (AvgIpc) is 3.26. The summed E-state index contributed by atoms with van der Waals surface area (Å²) >= 11 is 1.37. The highest BCUT2D eigenvalue weighted by Gasteiger charge is 2.18. The largest absolute Gasteiger partial charge is 0.493 e. The third-order valence-electron chi connectivity index (χ3n) is 4.00. The fourth-order valence-corrected chi connectivity index (χ4v) is 3.46. The lowest BCUT2D eigenvalue weighted by molar-refractivity contribution is -0.133. The molecule has 0 unspecified atom stereocenters. The molecule has 7 heteroatoms. The van der Waals surface area contributed by atoms with Crippen LogP contribution in [0.2, 0.25) is 0 Å². The van der Waals surface area contributed by atoms with E-state index in [4.69, 9.17) is 19.5 Å². The lowest BCUT2D eigenvalue weighted by Crippen LogP contribution is -2.04. The van der Waals surface area contributed by atoms with Gasteiger partial charge in [0.05, 0.1) is 25.5 Å². The molecule has 3 aromatic rings. The van der Waals surface area contributed by atoms with Crippen LogP contribution in [0.3, 0.4) is 0 Å². The lowest BCUT2D eigenvalue weighted by Gasteiger charge is -2.09. The van der Waals surface area contributed by atoms with Crippen molar-refractivity contribution in [2.45, 2.75) is 0 Å². The van der Waals surface area contributed by atoms with E-state index in [0.29, 0.717) is 27.6 Å². The molecular weight excluding hydrogens is 388 g/mol. The van der Waals surface area contributed by atoms with Gasteiger partial charge in [0.15, 0.2) is 18.1 Å². The molecule has 29 heavy (non-hydrogen) atoms. The fourth-order valence-electron chi connectivity index (χ4n) is 2.63. The second-order valence-corrected chi connectivity index (χ2v) is 6.67. The molecule has 0 saturated heterocycles. The summed E-state index contributed by atoms with van der Waals surface area (Å²) in [5, 5.41) is 11.1. The summed E-state index contributed by atoms with van der Waals surface area (Å²) in [7, 11) is 2.84. The number of esters is 1. The Morgan fingerprint density at radius 2 is 1.97 bits per heavy atom. The maximum absolute atomic E-state index is 12.4. The van der Waals surface area contributed by atoms with Crippen molar-refractivity contribution >= 4 is 29.0 Å². The van der Waals surface area contributed by atoms with Gasteiger partial charge >= 0.3 is 5.97 Å². The zero-order valence-electron chi connectivity index (χ0n) is 15.9. The number of nitriles is 1. The van der Waals surface area contributed by atoms with Crippen LogP contribution >= 0.6 is 11.3 Å². The van der Waals surface area contributed by atoms with Crippen LogP contribution in [0.15, 0.2) is 53.9 Å². The van der Waals surface area contributed by atoms with E-state index >= 15 is 0 Å². The van der Waals surface area contributed by atoms with Crippen LogP contribution in [-0.4, -0.2) is 31.8 Å². The summed E-state index contributed by atoms with van der Waals surface area (Å²) in [6.45, 7) is -0.0830. The van der Waals surface area contributed by atoms with Gasteiger partial charge in [-0.15, -0.1) is 11.3 Å². The molecule has 1 heterocycles.